The van der Waals surface area contributed by atoms with E-state index in [1.165, 1.54) is 7.11 Å². The van der Waals surface area contributed by atoms with Gasteiger partial charge in [-0.15, -0.1) is 0 Å². The number of carboxylic acids is 1. The van der Waals surface area contributed by atoms with E-state index in [0.29, 0.717) is 19.6 Å². The number of hydrogen-bond donors (Lipinski definition) is 3. The van der Waals surface area contributed by atoms with Crippen LogP contribution in [-0.2, 0) is 16.1 Å². The van der Waals surface area contributed by atoms with E-state index >= 15 is 0 Å². The second kappa shape index (κ2) is 7.35. The average molecular weight is 308 g/mol. The number of rotatable bonds is 6. The highest BCUT2D eigenvalue weighted by Gasteiger charge is 2.32. The molecule has 1 saturated heterocycles. The maximum absolute atomic E-state index is 11.5. The molecule has 0 spiro atoms. The largest absolute Gasteiger partial charge is 0.478 e. The molecule has 120 valence electrons. The molecular formula is C15H20N2O5. The number of aliphatic hydroxyl groups excluding tert-OH is 1. The summed E-state index contributed by atoms with van der Waals surface area (Å²) < 4.78 is 4.74. The van der Waals surface area contributed by atoms with Crippen LogP contribution in [0, 0.1) is 0 Å². The first-order valence-corrected chi connectivity index (χ1v) is 7.00. The first kappa shape index (κ1) is 16.4. The minimum atomic E-state index is -0.965. The Morgan fingerprint density at radius 2 is 2.18 bits per heavy atom. The fraction of sp³-hybridized carbons (Fsp3) is 0.467. The molecule has 0 aromatic heterocycles. The smallest absolute Gasteiger partial charge is 0.335 e. The van der Waals surface area contributed by atoms with Gasteiger partial charge in [-0.2, -0.15) is 0 Å². The molecule has 0 radical (unpaired) electrons. The van der Waals surface area contributed by atoms with Crippen LogP contribution in [-0.4, -0.2) is 65.9 Å². The number of aromatic carboxylic acids is 1. The van der Waals surface area contributed by atoms with Crippen LogP contribution in [0.25, 0.3) is 0 Å². The van der Waals surface area contributed by atoms with E-state index in [4.69, 9.17) is 9.84 Å². The average Bonchev–Trinajstić information content (AvgIpc) is 2.79. The van der Waals surface area contributed by atoms with Gasteiger partial charge in [-0.1, -0.05) is 12.1 Å². The Hall–Kier alpha value is -1.96. The van der Waals surface area contributed by atoms with E-state index in [9.17, 15) is 14.7 Å². The number of carbonyl (C=O) groups is 2. The zero-order chi connectivity index (χ0) is 16.1. The molecule has 1 aliphatic rings. The number of methoxy groups -OCH3 is 1. The van der Waals surface area contributed by atoms with E-state index in [1.54, 1.807) is 18.2 Å². The molecule has 1 heterocycles. The van der Waals surface area contributed by atoms with Gasteiger partial charge in [0.05, 0.1) is 17.7 Å². The van der Waals surface area contributed by atoms with Crippen molar-refractivity contribution in [1.29, 1.82) is 0 Å². The number of likely N-dealkylation sites (tertiary alicyclic amines) is 1. The lowest BCUT2D eigenvalue weighted by Crippen LogP contribution is -2.44. The number of nitrogens with one attached hydrogen (secondary N) is 1. The quantitative estimate of drug-likeness (QED) is 0.667. The van der Waals surface area contributed by atoms with E-state index in [-0.39, 0.29) is 24.1 Å². The zero-order valence-corrected chi connectivity index (χ0v) is 12.4. The number of aliphatic hydroxyl groups is 1. The Labute approximate surface area is 128 Å². The number of ether oxygens (including phenoxy) is 1. The number of hydrogen-bond acceptors (Lipinski definition) is 5. The predicted molar refractivity (Wildman–Crippen MR) is 78.5 cm³/mol. The summed E-state index contributed by atoms with van der Waals surface area (Å²) in [6.45, 7) is 1.42. The lowest BCUT2D eigenvalue weighted by molar-refractivity contribution is -0.125. The summed E-state index contributed by atoms with van der Waals surface area (Å²) in [7, 11) is 1.44. The summed E-state index contributed by atoms with van der Waals surface area (Å²) >= 11 is 0. The summed E-state index contributed by atoms with van der Waals surface area (Å²) in [4.78, 5) is 24.4. The van der Waals surface area contributed by atoms with Gasteiger partial charge in [0, 0.05) is 26.7 Å². The van der Waals surface area contributed by atoms with Crippen LogP contribution in [0.3, 0.4) is 0 Å². The van der Waals surface area contributed by atoms with Crippen LogP contribution in [0.5, 0.6) is 0 Å². The van der Waals surface area contributed by atoms with E-state index < -0.39 is 12.1 Å². The second-order valence-electron chi connectivity index (χ2n) is 5.37. The molecule has 0 unspecified atom stereocenters. The van der Waals surface area contributed by atoms with Crippen molar-refractivity contribution < 1.29 is 24.5 Å². The van der Waals surface area contributed by atoms with Gasteiger partial charge in [0.25, 0.3) is 0 Å². The Balaban J connectivity index is 1.93. The number of carbonyl (C=O) groups excluding carboxylic acids is 1. The molecule has 2 rings (SSSR count). The van der Waals surface area contributed by atoms with Gasteiger partial charge in [-0.05, 0) is 17.7 Å². The van der Waals surface area contributed by atoms with Crippen molar-refractivity contribution in [3.05, 3.63) is 35.4 Å². The SMILES string of the molecule is COCC(=O)N[C@@H]1CN(Cc2cccc(C(=O)O)c2)C[C@H]1O. The maximum atomic E-state index is 11.5. The van der Waals surface area contributed by atoms with Gasteiger partial charge < -0.3 is 20.3 Å². The standard InChI is InChI=1S/C15H20N2O5/c1-22-9-14(19)16-12-7-17(8-13(12)18)6-10-3-2-4-11(5-10)15(20)21/h2-5,12-13,18H,6-9H2,1H3,(H,16,19)(H,20,21)/t12-,13-/m1/s1. The summed E-state index contributed by atoms with van der Waals surface area (Å²) in [6, 6.07) is 6.35. The van der Waals surface area contributed by atoms with Crippen LogP contribution in [0.1, 0.15) is 15.9 Å². The first-order chi connectivity index (χ1) is 10.5. The van der Waals surface area contributed by atoms with E-state index in [0.717, 1.165) is 5.56 Å². The Morgan fingerprint density at radius 1 is 1.41 bits per heavy atom. The van der Waals surface area contributed by atoms with Gasteiger partial charge in [-0.25, -0.2) is 4.79 Å². The van der Waals surface area contributed by atoms with Crippen LogP contribution < -0.4 is 5.32 Å². The van der Waals surface area contributed by atoms with E-state index in [2.05, 4.69) is 5.32 Å². The molecule has 1 aliphatic heterocycles. The van der Waals surface area contributed by atoms with Crippen LogP contribution in [0.15, 0.2) is 24.3 Å². The van der Waals surface area contributed by atoms with Crippen LogP contribution in [0.2, 0.25) is 0 Å². The fourth-order valence-corrected chi connectivity index (χ4v) is 2.58. The highest BCUT2D eigenvalue weighted by Crippen LogP contribution is 2.15. The lowest BCUT2D eigenvalue weighted by Gasteiger charge is -2.16. The van der Waals surface area contributed by atoms with Crippen molar-refractivity contribution in [3.63, 3.8) is 0 Å². The molecule has 22 heavy (non-hydrogen) atoms. The van der Waals surface area contributed by atoms with Crippen LogP contribution >= 0.6 is 0 Å². The molecule has 1 amide bonds. The Kier molecular flexibility index (Phi) is 5.48. The maximum Gasteiger partial charge on any atom is 0.335 e. The summed E-state index contributed by atoms with van der Waals surface area (Å²) in [5.74, 6) is -1.23. The fourth-order valence-electron chi connectivity index (χ4n) is 2.58. The first-order valence-electron chi connectivity index (χ1n) is 7.00. The highest BCUT2D eigenvalue weighted by atomic mass is 16.5. The number of amides is 1. The third-order valence-electron chi connectivity index (χ3n) is 3.57. The molecule has 1 aromatic rings. The minimum absolute atomic E-state index is 0.0378. The van der Waals surface area contributed by atoms with Crippen molar-refractivity contribution in [2.75, 3.05) is 26.8 Å². The zero-order valence-electron chi connectivity index (χ0n) is 12.4. The molecule has 7 heteroatoms. The number of benzene rings is 1. The third-order valence-corrected chi connectivity index (χ3v) is 3.57. The van der Waals surface area contributed by atoms with E-state index in [1.807, 2.05) is 11.0 Å². The van der Waals surface area contributed by atoms with Crippen LogP contribution in [0.4, 0.5) is 0 Å². The third kappa shape index (κ3) is 4.27. The predicted octanol–water partition coefficient (Wildman–Crippen LogP) is -0.307. The van der Waals surface area contributed by atoms with Gasteiger partial charge >= 0.3 is 5.97 Å². The van der Waals surface area contributed by atoms with Crippen molar-refractivity contribution in [2.24, 2.45) is 0 Å². The highest BCUT2D eigenvalue weighted by molar-refractivity contribution is 5.87. The molecular weight excluding hydrogens is 288 g/mol. The topological polar surface area (TPSA) is 99.1 Å². The van der Waals surface area contributed by atoms with Crippen molar-refractivity contribution in [1.82, 2.24) is 10.2 Å². The van der Waals surface area contributed by atoms with Gasteiger partial charge in [-0.3, -0.25) is 9.69 Å². The number of nitrogens with zero attached hydrogens (tertiary/aromatic N) is 1. The second-order valence-corrected chi connectivity index (χ2v) is 5.37. The molecule has 1 fully saturated rings. The van der Waals surface area contributed by atoms with Gasteiger partial charge in [0.15, 0.2) is 0 Å². The molecule has 0 bridgehead atoms. The molecule has 3 N–H and O–H groups in total. The molecule has 7 nitrogen and oxygen atoms in total. The summed E-state index contributed by atoms with van der Waals surface area (Å²) in [5, 5.41) is 21.7. The van der Waals surface area contributed by atoms with Crippen molar-refractivity contribution in [3.8, 4) is 0 Å². The Morgan fingerprint density at radius 3 is 2.86 bits per heavy atom. The van der Waals surface area contributed by atoms with Crippen molar-refractivity contribution >= 4 is 11.9 Å². The minimum Gasteiger partial charge on any atom is -0.478 e. The van der Waals surface area contributed by atoms with Gasteiger partial charge in [0.2, 0.25) is 5.91 Å². The summed E-state index contributed by atoms with van der Waals surface area (Å²) in [6.07, 6.45) is -0.650. The monoisotopic (exact) mass is 308 g/mol. The molecule has 0 saturated carbocycles. The normalized spacial score (nSPS) is 21.7. The Bertz CT molecular complexity index is 548. The number of β-amino-alcohol motifs (C(OH)–C–C–N with tert-alkyl or cyclic N) is 1. The molecule has 0 aliphatic carbocycles. The van der Waals surface area contributed by atoms with Gasteiger partial charge in [0.1, 0.15) is 6.61 Å². The summed E-state index contributed by atoms with van der Waals surface area (Å²) in [5.41, 5.74) is 1.10. The molecule has 1 aromatic carbocycles. The lowest BCUT2D eigenvalue weighted by atomic mass is 10.1. The van der Waals surface area contributed by atoms with Crippen molar-refractivity contribution in [2.45, 2.75) is 18.7 Å². The number of carboxylic acid groups (broad SMARTS) is 1. The molecule has 2 atom stereocenters.